The lowest BCUT2D eigenvalue weighted by atomic mass is 10.1. The van der Waals surface area contributed by atoms with Gasteiger partial charge in [0.1, 0.15) is 6.04 Å². The number of carboxylic acid groups (broad SMARTS) is 2. The number of hydrogen-bond donors (Lipinski definition) is 4. The maximum Gasteiger partial charge on any atom is 0.320 e. The third kappa shape index (κ3) is 5.49. The van der Waals surface area contributed by atoms with Crippen molar-refractivity contribution < 1.29 is 24.6 Å². The van der Waals surface area contributed by atoms with Crippen molar-refractivity contribution in [3.8, 4) is 0 Å². The number of carbonyl (C=O) groups excluding carboxylic acids is 1. The Bertz CT molecular complexity index is 498. The highest BCUT2D eigenvalue weighted by molar-refractivity contribution is 5.92. The number of carbonyl (C=O) groups is 3. The minimum atomic E-state index is -1.07. The zero-order chi connectivity index (χ0) is 15.1. The standard InChI is InChI=1S/C13H16N2O5/c14-10(13(19)20)7-8-1-3-9(4-2-8)15-11(16)5-6-12(17)18/h1-4,10H,5-7,14H2,(H,15,16)(H,17,18)(H,19,20)/t10-/m1/s1. The molecule has 0 aromatic heterocycles. The average molecular weight is 280 g/mol. The summed E-state index contributed by atoms with van der Waals surface area (Å²) in [5.41, 5.74) is 6.67. The number of benzene rings is 1. The van der Waals surface area contributed by atoms with E-state index < -0.39 is 18.0 Å². The fourth-order valence-electron chi connectivity index (χ4n) is 1.51. The van der Waals surface area contributed by atoms with Gasteiger partial charge in [0.25, 0.3) is 0 Å². The molecule has 0 saturated heterocycles. The topological polar surface area (TPSA) is 130 Å². The van der Waals surface area contributed by atoms with Gasteiger partial charge < -0.3 is 21.3 Å². The van der Waals surface area contributed by atoms with Gasteiger partial charge in [-0.1, -0.05) is 12.1 Å². The molecule has 1 aromatic carbocycles. The SMILES string of the molecule is N[C@H](Cc1ccc(NC(=O)CCC(=O)O)cc1)C(=O)O. The molecule has 0 aliphatic rings. The molecule has 0 aliphatic heterocycles. The van der Waals surface area contributed by atoms with Gasteiger partial charge in [-0.3, -0.25) is 14.4 Å². The van der Waals surface area contributed by atoms with Crippen LogP contribution in [0.5, 0.6) is 0 Å². The van der Waals surface area contributed by atoms with Crippen LogP contribution >= 0.6 is 0 Å². The van der Waals surface area contributed by atoms with Crippen molar-refractivity contribution >= 4 is 23.5 Å². The van der Waals surface area contributed by atoms with Gasteiger partial charge >= 0.3 is 11.9 Å². The third-order valence-corrected chi connectivity index (χ3v) is 2.58. The second-order valence-electron chi connectivity index (χ2n) is 4.29. The summed E-state index contributed by atoms with van der Waals surface area (Å²) < 4.78 is 0. The normalized spacial score (nSPS) is 11.7. The largest absolute Gasteiger partial charge is 0.481 e. The molecule has 0 unspecified atom stereocenters. The molecule has 7 heteroatoms. The number of anilines is 1. The van der Waals surface area contributed by atoms with Crippen LogP contribution in [0.1, 0.15) is 18.4 Å². The van der Waals surface area contributed by atoms with E-state index in [0.717, 1.165) is 5.56 Å². The molecule has 0 heterocycles. The van der Waals surface area contributed by atoms with Crippen LogP contribution < -0.4 is 11.1 Å². The Morgan fingerprint density at radius 2 is 1.70 bits per heavy atom. The van der Waals surface area contributed by atoms with E-state index in [0.29, 0.717) is 5.69 Å². The van der Waals surface area contributed by atoms with Gasteiger partial charge in [0.2, 0.25) is 5.91 Å². The molecule has 0 radical (unpaired) electrons. The molecule has 0 fully saturated rings. The van der Waals surface area contributed by atoms with Crippen molar-refractivity contribution in [1.82, 2.24) is 0 Å². The molecular formula is C13H16N2O5. The van der Waals surface area contributed by atoms with E-state index in [-0.39, 0.29) is 25.2 Å². The lowest BCUT2D eigenvalue weighted by Gasteiger charge is -2.08. The van der Waals surface area contributed by atoms with Crippen LogP contribution in [0.3, 0.4) is 0 Å². The number of nitrogens with one attached hydrogen (secondary N) is 1. The Balaban J connectivity index is 2.52. The number of amides is 1. The summed E-state index contributed by atoms with van der Waals surface area (Å²) in [5.74, 6) is -2.49. The van der Waals surface area contributed by atoms with Crippen LogP contribution in [0, 0.1) is 0 Å². The zero-order valence-corrected chi connectivity index (χ0v) is 10.7. The molecule has 1 amide bonds. The Labute approximate surface area is 115 Å². The van der Waals surface area contributed by atoms with Crippen LogP contribution in [0.4, 0.5) is 5.69 Å². The highest BCUT2D eigenvalue weighted by Crippen LogP contribution is 2.11. The van der Waals surface area contributed by atoms with Crippen LogP contribution in [0.15, 0.2) is 24.3 Å². The molecule has 1 rings (SSSR count). The molecule has 20 heavy (non-hydrogen) atoms. The van der Waals surface area contributed by atoms with Crippen molar-refractivity contribution in [3.63, 3.8) is 0 Å². The van der Waals surface area contributed by atoms with Gasteiger partial charge in [-0.15, -0.1) is 0 Å². The maximum atomic E-state index is 11.4. The highest BCUT2D eigenvalue weighted by Gasteiger charge is 2.12. The highest BCUT2D eigenvalue weighted by atomic mass is 16.4. The summed E-state index contributed by atoms with van der Waals surface area (Å²) in [4.78, 5) is 32.3. The Morgan fingerprint density at radius 3 is 2.20 bits per heavy atom. The summed E-state index contributed by atoms with van der Waals surface area (Å²) in [6.45, 7) is 0. The van der Waals surface area contributed by atoms with E-state index in [4.69, 9.17) is 15.9 Å². The molecule has 0 spiro atoms. The van der Waals surface area contributed by atoms with E-state index in [1.807, 2.05) is 0 Å². The fraction of sp³-hybridized carbons (Fsp3) is 0.308. The van der Waals surface area contributed by atoms with Gasteiger partial charge in [0.15, 0.2) is 0 Å². The average Bonchev–Trinajstić information content (AvgIpc) is 2.38. The second kappa shape index (κ2) is 7.25. The molecule has 108 valence electrons. The lowest BCUT2D eigenvalue weighted by Crippen LogP contribution is -2.32. The van der Waals surface area contributed by atoms with Gasteiger partial charge in [0, 0.05) is 12.1 Å². The fourth-order valence-corrected chi connectivity index (χ4v) is 1.51. The molecule has 0 bridgehead atoms. The Morgan fingerprint density at radius 1 is 1.10 bits per heavy atom. The Hall–Kier alpha value is -2.41. The van der Waals surface area contributed by atoms with Crippen LogP contribution in [-0.4, -0.2) is 34.1 Å². The van der Waals surface area contributed by atoms with Crippen LogP contribution in [0.2, 0.25) is 0 Å². The first-order chi connectivity index (χ1) is 9.38. The first-order valence-corrected chi connectivity index (χ1v) is 5.97. The van der Waals surface area contributed by atoms with Gasteiger partial charge in [0.05, 0.1) is 6.42 Å². The number of hydrogen-bond acceptors (Lipinski definition) is 4. The van der Waals surface area contributed by atoms with Crippen molar-refractivity contribution in [3.05, 3.63) is 29.8 Å². The van der Waals surface area contributed by atoms with Crippen LogP contribution in [0.25, 0.3) is 0 Å². The van der Waals surface area contributed by atoms with Crippen molar-refractivity contribution in [2.45, 2.75) is 25.3 Å². The summed E-state index contributed by atoms with van der Waals surface area (Å²) in [6, 6.07) is 5.59. The molecular weight excluding hydrogens is 264 g/mol. The number of carboxylic acids is 2. The summed E-state index contributed by atoms with van der Waals surface area (Å²) >= 11 is 0. The summed E-state index contributed by atoms with van der Waals surface area (Å²) in [6.07, 6.45) is -0.124. The molecule has 1 aromatic rings. The van der Waals surface area contributed by atoms with E-state index in [1.165, 1.54) is 0 Å². The number of rotatable bonds is 7. The quantitative estimate of drug-likeness (QED) is 0.573. The third-order valence-electron chi connectivity index (χ3n) is 2.58. The van der Waals surface area contributed by atoms with Crippen LogP contribution in [-0.2, 0) is 20.8 Å². The monoisotopic (exact) mass is 280 g/mol. The summed E-state index contributed by atoms with van der Waals surface area (Å²) in [5, 5.41) is 19.7. The first kappa shape index (κ1) is 15.6. The van der Waals surface area contributed by atoms with Crippen molar-refractivity contribution in [2.24, 2.45) is 5.73 Å². The predicted molar refractivity (Wildman–Crippen MR) is 71.3 cm³/mol. The number of nitrogens with two attached hydrogens (primary N) is 1. The van der Waals surface area contributed by atoms with E-state index in [1.54, 1.807) is 24.3 Å². The smallest absolute Gasteiger partial charge is 0.320 e. The minimum Gasteiger partial charge on any atom is -0.481 e. The molecule has 5 N–H and O–H groups in total. The predicted octanol–water partition coefficient (Wildman–Crippen LogP) is 0.444. The molecule has 0 aliphatic carbocycles. The first-order valence-electron chi connectivity index (χ1n) is 5.97. The molecule has 7 nitrogen and oxygen atoms in total. The van der Waals surface area contributed by atoms with Crippen molar-refractivity contribution in [1.29, 1.82) is 0 Å². The second-order valence-corrected chi connectivity index (χ2v) is 4.29. The van der Waals surface area contributed by atoms with E-state index >= 15 is 0 Å². The summed E-state index contributed by atoms with van der Waals surface area (Å²) in [7, 11) is 0. The van der Waals surface area contributed by atoms with Gasteiger partial charge in [-0.25, -0.2) is 0 Å². The van der Waals surface area contributed by atoms with Gasteiger partial charge in [-0.2, -0.15) is 0 Å². The lowest BCUT2D eigenvalue weighted by molar-refractivity contribution is -0.139. The minimum absolute atomic E-state index is 0.0963. The van der Waals surface area contributed by atoms with E-state index in [2.05, 4.69) is 5.32 Å². The number of aliphatic carboxylic acids is 2. The Kier molecular flexibility index (Phi) is 5.67. The molecule has 0 saturated carbocycles. The molecule has 1 atom stereocenters. The maximum absolute atomic E-state index is 11.4. The van der Waals surface area contributed by atoms with Gasteiger partial charge in [-0.05, 0) is 24.1 Å². The zero-order valence-electron chi connectivity index (χ0n) is 10.7. The van der Waals surface area contributed by atoms with Crippen molar-refractivity contribution in [2.75, 3.05) is 5.32 Å². The van der Waals surface area contributed by atoms with E-state index in [9.17, 15) is 14.4 Å².